The highest BCUT2D eigenvalue weighted by molar-refractivity contribution is 7.90. The number of nitrogens with zero attached hydrogens (tertiary/aromatic N) is 2. The third kappa shape index (κ3) is 3.18. The van der Waals surface area contributed by atoms with E-state index in [0.29, 0.717) is 0 Å². The van der Waals surface area contributed by atoms with E-state index in [1.165, 1.54) is 42.9 Å². The predicted octanol–water partition coefficient (Wildman–Crippen LogP) is 2.51. The average molecular weight is 345 g/mol. The number of hydrogen-bond donors (Lipinski definition) is 1. The summed E-state index contributed by atoms with van der Waals surface area (Å²) in [4.78, 5) is 15.7. The average Bonchev–Trinajstić information content (AvgIpc) is 3.05. The van der Waals surface area contributed by atoms with Gasteiger partial charge >= 0.3 is 0 Å². The summed E-state index contributed by atoms with van der Waals surface area (Å²) in [6.45, 7) is 0. The van der Waals surface area contributed by atoms with Crippen LogP contribution in [0.1, 0.15) is 10.5 Å². The summed E-state index contributed by atoms with van der Waals surface area (Å²) in [7, 11) is -3.93. The van der Waals surface area contributed by atoms with Crippen molar-refractivity contribution >= 4 is 21.6 Å². The summed E-state index contributed by atoms with van der Waals surface area (Å²) in [6.07, 6.45) is 3.99. The molecule has 0 fully saturated rings. The third-order valence-corrected chi connectivity index (χ3v) is 4.83. The first-order valence-electron chi connectivity index (χ1n) is 6.88. The minimum atomic E-state index is -3.93. The normalized spacial score (nSPS) is 11.2. The number of pyridine rings is 1. The second kappa shape index (κ2) is 6.25. The lowest BCUT2D eigenvalue weighted by molar-refractivity contribution is 0.102. The first-order chi connectivity index (χ1) is 11.5. The number of rotatable bonds is 4. The number of anilines is 1. The van der Waals surface area contributed by atoms with Gasteiger partial charge in [-0.2, -0.15) is 0 Å². The summed E-state index contributed by atoms with van der Waals surface area (Å²) < 4.78 is 39.0. The zero-order chi connectivity index (χ0) is 17.2. The zero-order valence-corrected chi connectivity index (χ0v) is 13.1. The van der Waals surface area contributed by atoms with Crippen LogP contribution in [-0.4, -0.2) is 23.3 Å². The Hall–Kier alpha value is -3.00. The zero-order valence-electron chi connectivity index (χ0n) is 12.3. The minimum absolute atomic E-state index is 0.180. The summed E-state index contributed by atoms with van der Waals surface area (Å²) in [5, 5.41) is 2.55. The van der Waals surface area contributed by atoms with Crippen molar-refractivity contribution in [1.29, 1.82) is 0 Å². The topological polar surface area (TPSA) is 81.1 Å². The van der Waals surface area contributed by atoms with Gasteiger partial charge in [0.25, 0.3) is 15.9 Å². The van der Waals surface area contributed by atoms with Crippen LogP contribution in [0, 0.1) is 5.82 Å². The van der Waals surface area contributed by atoms with Crippen molar-refractivity contribution in [3.63, 3.8) is 0 Å². The van der Waals surface area contributed by atoms with E-state index < -0.39 is 21.7 Å². The highest BCUT2D eigenvalue weighted by Crippen LogP contribution is 2.18. The molecule has 0 aliphatic carbocycles. The molecule has 0 unspecified atom stereocenters. The predicted molar refractivity (Wildman–Crippen MR) is 85.6 cm³/mol. The van der Waals surface area contributed by atoms with Gasteiger partial charge in [0.05, 0.1) is 10.6 Å². The Balaban J connectivity index is 1.84. The fourth-order valence-corrected chi connectivity index (χ4v) is 3.27. The lowest BCUT2D eigenvalue weighted by Crippen LogP contribution is -2.14. The van der Waals surface area contributed by atoms with E-state index in [1.807, 2.05) is 0 Å². The number of carbonyl (C=O) groups is 1. The van der Waals surface area contributed by atoms with Crippen molar-refractivity contribution in [3.05, 3.63) is 78.6 Å². The maximum absolute atomic E-state index is 13.2. The Bertz CT molecular complexity index is 985. The Labute approximate surface area is 137 Å². The fourth-order valence-electron chi connectivity index (χ4n) is 2.04. The molecule has 3 aromatic rings. The number of carbonyl (C=O) groups excluding carboxylic acids is 1. The largest absolute Gasteiger partial charge is 0.319 e. The lowest BCUT2D eigenvalue weighted by atomic mass is 10.3. The van der Waals surface area contributed by atoms with E-state index in [4.69, 9.17) is 0 Å². The van der Waals surface area contributed by atoms with Crippen LogP contribution in [-0.2, 0) is 10.0 Å². The quantitative estimate of drug-likeness (QED) is 0.788. The molecular weight excluding hydrogens is 333 g/mol. The van der Waals surface area contributed by atoms with E-state index in [0.717, 1.165) is 16.1 Å². The second-order valence-corrected chi connectivity index (χ2v) is 6.70. The number of amides is 1. The van der Waals surface area contributed by atoms with Crippen LogP contribution >= 0.6 is 0 Å². The minimum Gasteiger partial charge on any atom is -0.319 e. The van der Waals surface area contributed by atoms with Gasteiger partial charge in [0.2, 0.25) is 0 Å². The summed E-state index contributed by atoms with van der Waals surface area (Å²) in [5.74, 6) is -1.11. The van der Waals surface area contributed by atoms with Gasteiger partial charge in [0.15, 0.2) is 0 Å². The Morgan fingerprint density at radius 1 is 1.12 bits per heavy atom. The van der Waals surface area contributed by atoms with E-state index in [-0.39, 0.29) is 16.3 Å². The van der Waals surface area contributed by atoms with E-state index in [1.54, 1.807) is 12.1 Å². The van der Waals surface area contributed by atoms with Gasteiger partial charge in [-0.25, -0.2) is 16.8 Å². The van der Waals surface area contributed by atoms with Gasteiger partial charge in [-0.3, -0.25) is 9.78 Å². The van der Waals surface area contributed by atoms with Gasteiger partial charge < -0.3 is 5.32 Å². The number of aromatic nitrogens is 2. The molecule has 0 bridgehead atoms. The van der Waals surface area contributed by atoms with Crippen molar-refractivity contribution in [2.45, 2.75) is 4.90 Å². The molecule has 1 amide bonds. The number of hydrogen-bond acceptors (Lipinski definition) is 4. The van der Waals surface area contributed by atoms with Gasteiger partial charge in [-0.15, -0.1) is 0 Å². The van der Waals surface area contributed by atoms with Gasteiger partial charge in [-0.1, -0.05) is 12.1 Å². The maximum atomic E-state index is 13.2. The van der Waals surface area contributed by atoms with Crippen LogP contribution in [0.25, 0.3) is 0 Å². The Kier molecular flexibility index (Phi) is 4.13. The van der Waals surface area contributed by atoms with Gasteiger partial charge in [0, 0.05) is 18.6 Å². The molecule has 122 valence electrons. The van der Waals surface area contributed by atoms with E-state index >= 15 is 0 Å². The summed E-state index contributed by atoms with van der Waals surface area (Å²) in [5.41, 5.74) is 0.490. The first-order valence-corrected chi connectivity index (χ1v) is 8.32. The van der Waals surface area contributed by atoms with Crippen LogP contribution in [0.5, 0.6) is 0 Å². The molecule has 0 saturated carbocycles. The molecule has 24 heavy (non-hydrogen) atoms. The molecule has 1 N–H and O–H groups in total. The number of halogens is 1. The van der Waals surface area contributed by atoms with Crippen molar-refractivity contribution in [3.8, 4) is 0 Å². The number of nitrogens with one attached hydrogen (secondary N) is 1. The van der Waals surface area contributed by atoms with E-state index in [9.17, 15) is 17.6 Å². The number of benzene rings is 1. The third-order valence-electron chi connectivity index (χ3n) is 3.19. The van der Waals surface area contributed by atoms with Crippen molar-refractivity contribution in [2.75, 3.05) is 5.32 Å². The molecule has 0 radical (unpaired) electrons. The van der Waals surface area contributed by atoms with Crippen molar-refractivity contribution in [1.82, 2.24) is 8.96 Å². The van der Waals surface area contributed by atoms with Crippen LogP contribution in [0.15, 0.2) is 72.0 Å². The Morgan fingerprint density at radius 2 is 1.96 bits per heavy atom. The molecule has 1 aromatic carbocycles. The van der Waals surface area contributed by atoms with E-state index in [2.05, 4.69) is 10.3 Å². The SMILES string of the molecule is O=C(Nc1ccn(S(=O)(=O)c2cccc(F)c2)c1)c1ccccn1. The highest BCUT2D eigenvalue weighted by Gasteiger charge is 2.18. The van der Waals surface area contributed by atoms with Crippen LogP contribution in [0.2, 0.25) is 0 Å². The standard InChI is InChI=1S/C16H12FN3O3S/c17-12-4-3-5-14(10-12)24(22,23)20-9-7-13(11-20)19-16(21)15-6-1-2-8-18-15/h1-11H,(H,19,21). The first kappa shape index (κ1) is 15.9. The monoisotopic (exact) mass is 345 g/mol. The molecule has 8 heteroatoms. The van der Waals surface area contributed by atoms with Crippen LogP contribution in [0.3, 0.4) is 0 Å². The molecule has 2 heterocycles. The maximum Gasteiger partial charge on any atom is 0.274 e. The molecule has 0 aliphatic heterocycles. The van der Waals surface area contributed by atoms with Crippen LogP contribution < -0.4 is 5.32 Å². The van der Waals surface area contributed by atoms with Gasteiger partial charge in [-0.05, 0) is 36.4 Å². The lowest BCUT2D eigenvalue weighted by Gasteiger charge is -2.05. The summed E-state index contributed by atoms with van der Waals surface area (Å²) >= 11 is 0. The van der Waals surface area contributed by atoms with Crippen molar-refractivity contribution < 1.29 is 17.6 Å². The molecule has 2 aromatic heterocycles. The fraction of sp³-hybridized carbons (Fsp3) is 0. The molecule has 0 atom stereocenters. The smallest absolute Gasteiger partial charge is 0.274 e. The molecule has 0 aliphatic rings. The molecule has 6 nitrogen and oxygen atoms in total. The Morgan fingerprint density at radius 3 is 2.67 bits per heavy atom. The molecular formula is C16H12FN3O3S. The van der Waals surface area contributed by atoms with Crippen molar-refractivity contribution in [2.24, 2.45) is 0 Å². The molecule has 0 saturated heterocycles. The molecule has 0 spiro atoms. The molecule has 3 rings (SSSR count). The summed E-state index contributed by atoms with van der Waals surface area (Å²) in [6, 6.07) is 11.0. The second-order valence-electron chi connectivity index (χ2n) is 4.86. The van der Waals surface area contributed by atoms with Crippen LogP contribution in [0.4, 0.5) is 10.1 Å². The van der Waals surface area contributed by atoms with Gasteiger partial charge in [0.1, 0.15) is 11.5 Å². The highest BCUT2D eigenvalue weighted by atomic mass is 32.2.